The second-order valence-corrected chi connectivity index (χ2v) is 8.13. The molecular formula is C23H26N4O3. The fourth-order valence-corrected chi connectivity index (χ4v) is 4.28. The molecule has 2 aliphatic heterocycles. The second-order valence-electron chi connectivity index (χ2n) is 8.13. The maximum absolute atomic E-state index is 13.6. The lowest BCUT2D eigenvalue weighted by Gasteiger charge is -2.35. The highest BCUT2D eigenvalue weighted by Crippen LogP contribution is 2.41. The highest BCUT2D eigenvalue weighted by molar-refractivity contribution is 6.10. The Kier molecular flexibility index (Phi) is 5.63. The average molecular weight is 406 g/mol. The van der Waals surface area contributed by atoms with Gasteiger partial charge in [0, 0.05) is 51.4 Å². The molecule has 2 fully saturated rings. The number of carbonyl (C=O) groups is 3. The minimum Gasteiger partial charge on any atom is -0.340 e. The molecule has 7 nitrogen and oxygen atoms in total. The van der Waals surface area contributed by atoms with E-state index in [4.69, 9.17) is 0 Å². The summed E-state index contributed by atoms with van der Waals surface area (Å²) in [6.45, 7) is 3.07. The van der Waals surface area contributed by atoms with Crippen molar-refractivity contribution >= 4 is 17.7 Å². The summed E-state index contributed by atoms with van der Waals surface area (Å²) < 4.78 is 0. The first-order valence-corrected chi connectivity index (χ1v) is 10.3. The van der Waals surface area contributed by atoms with Crippen molar-refractivity contribution in [1.82, 2.24) is 19.7 Å². The standard InChI is InChI=1S/C23H26N4O3/c1-25-10-12-26(13-11-25)20(28)14-23(19-7-3-2-4-8-19)15-21(29)27(22(23)30)17-18-6-5-9-24-16-18/h2-9,16H,10-15,17H2,1H3/t23-/m1/s1. The summed E-state index contributed by atoms with van der Waals surface area (Å²) in [5, 5.41) is 0. The zero-order chi connectivity index (χ0) is 21.1. The van der Waals surface area contributed by atoms with Gasteiger partial charge in [0.05, 0.1) is 12.0 Å². The molecule has 0 aliphatic carbocycles. The Balaban J connectivity index is 1.62. The van der Waals surface area contributed by atoms with Gasteiger partial charge in [-0.3, -0.25) is 24.3 Å². The second kappa shape index (κ2) is 8.36. The van der Waals surface area contributed by atoms with Crippen LogP contribution in [-0.2, 0) is 26.3 Å². The Morgan fingerprint density at radius 1 is 1.03 bits per heavy atom. The number of hydrogen-bond donors (Lipinski definition) is 0. The zero-order valence-electron chi connectivity index (χ0n) is 17.2. The van der Waals surface area contributed by atoms with Crippen LogP contribution in [0, 0.1) is 0 Å². The number of imide groups is 1. The van der Waals surface area contributed by atoms with Crippen molar-refractivity contribution in [3.8, 4) is 0 Å². The largest absolute Gasteiger partial charge is 0.340 e. The van der Waals surface area contributed by atoms with Crippen LogP contribution < -0.4 is 0 Å². The van der Waals surface area contributed by atoms with Gasteiger partial charge in [0.15, 0.2) is 0 Å². The van der Waals surface area contributed by atoms with E-state index in [-0.39, 0.29) is 37.1 Å². The van der Waals surface area contributed by atoms with E-state index in [0.717, 1.165) is 24.2 Å². The Morgan fingerprint density at radius 2 is 1.77 bits per heavy atom. The number of likely N-dealkylation sites (tertiary alicyclic amines) is 1. The van der Waals surface area contributed by atoms with E-state index in [1.54, 1.807) is 18.5 Å². The highest BCUT2D eigenvalue weighted by Gasteiger charge is 2.54. The Labute approximate surface area is 176 Å². The van der Waals surface area contributed by atoms with E-state index in [1.165, 1.54) is 4.90 Å². The first kappa shape index (κ1) is 20.2. The van der Waals surface area contributed by atoms with E-state index >= 15 is 0 Å². The van der Waals surface area contributed by atoms with Crippen LogP contribution in [0.25, 0.3) is 0 Å². The molecule has 4 rings (SSSR count). The SMILES string of the molecule is CN1CCN(C(=O)C[C@]2(c3ccccc3)CC(=O)N(Cc3cccnc3)C2=O)CC1. The van der Waals surface area contributed by atoms with E-state index in [2.05, 4.69) is 9.88 Å². The van der Waals surface area contributed by atoms with E-state index in [1.807, 2.05) is 48.3 Å². The number of carbonyl (C=O) groups excluding carboxylic acids is 3. The lowest BCUT2D eigenvalue weighted by atomic mass is 9.75. The van der Waals surface area contributed by atoms with Crippen molar-refractivity contribution in [3.05, 3.63) is 66.0 Å². The molecule has 2 aliphatic rings. The van der Waals surface area contributed by atoms with Crippen LogP contribution in [0.2, 0.25) is 0 Å². The fraction of sp³-hybridized carbons (Fsp3) is 0.391. The fourth-order valence-electron chi connectivity index (χ4n) is 4.28. The Bertz CT molecular complexity index is 926. The first-order chi connectivity index (χ1) is 14.5. The van der Waals surface area contributed by atoms with Crippen molar-refractivity contribution in [2.24, 2.45) is 0 Å². The predicted molar refractivity (Wildman–Crippen MR) is 111 cm³/mol. The van der Waals surface area contributed by atoms with Crippen LogP contribution in [0.15, 0.2) is 54.9 Å². The molecule has 0 saturated carbocycles. The minimum atomic E-state index is -1.15. The van der Waals surface area contributed by atoms with Gasteiger partial charge < -0.3 is 9.80 Å². The number of aromatic nitrogens is 1. The third kappa shape index (κ3) is 3.85. The molecule has 0 N–H and O–H groups in total. The smallest absolute Gasteiger partial charge is 0.241 e. The van der Waals surface area contributed by atoms with Gasteiger partial charge >= 0.3 is 0 Å². The number of likely N-dealkylation sites (N-methyl/N-ethyl adjacent to an activating group) is 1. The zero-order valence-corrected chi connectivity index (χ0v) is 17.2. The number of hydrogen-bond acceptors (Lipinski definition) is 5. The number of pyridine rings is 1. The molecule has 7 heteroatoms. The topological polar surface area (TPSA) is 73.8 Å². The number of benzene rings is 1. The van der Waals surface area contributed by atoms with Gasteiger partial charge in [0.25, 0.3) is 0 Å². The number of piperazine rings is 1. The summed E-state index contributed by atoms with van der Waals surface area (Å²) in [4.78, 5) is 49.1. The maximum atomic E-state index is 13.6. The lowest BCUT2D eigenvalue weighted by Crippen LogP contribution is -2.49. The van der Waals surface area contributed by atoms with Crippen molar-refractivity contribution in [1.29, 1.82) is 0 Å². The summed E-state index contributed by atoms with van der Waals surface area (Å²) in [7, 11) is 2.03. The number of amides is 3. The molecule has 0 bridgehead atoms. The van der Waals surface area contributed by atoms with Gasteiger partial charge in [0.1, 0.15) is 0 Å². The normalized spacial score (nSPS) is 22.6. The van der Waals surface area contributed by atoms with E-state index in [9.17, 15) is 14.4 Å². The van der Waals surface area contributed by atoms with Crippen LogP contribution in [0.3, 0.4) is 0 Å². The summed E-state index contributed by atoms with van der Waals surface area (Å²) in [6.07, 6.45) is 3.32. The third-order valence-electron chi connectivity index (χ3n) is 6.11. The molecule has 3 heterocycles. The molecule has 3 amide bonds. The van der Waals surface area contributed by atoms with Crippen molar-refractivity contribution < 1.29 is 14.4 Å². The van der Waals surface area contributed by atoms with Crippen LogP contribution in [0.1, 0.15) is 24.0 Å². The van der Waals surface area contributed by atoms with E-state index < -0.39 is 5.41 Å². The summed E-state index contributed by atoms with van der Waals surface area (Å²) in [6, 6.07) is 12.9. The van der Waals surface area contributed by atoms with Gasteiger partial charge in [-0.15, -0.1) is 0 Å². The van der Waals surface area contributed by atoms with Crippen LogP contribution in [0.4, 0.5) is 0 Å². The lowest BCUT2D eigenvalue weighted by molar-refractivity contribution is -0.143. The molecule has 156 valence electrons. The molecule has 2 aromatic rings. The third-order valence-corrected chi connectivity index (χ3v) is 6.11. The van der Waals surface area contributed by atoms with Gasteiger partial charge in [-0.05, 0) is 24.2 Å². The minimum absolute atomic E-state index is 0.00877. The van der Waals surface area contributed by atoms with Crippen molar-refractivity contribution in [2.75, 3.05) is 33.2 Å². The molecule has 1 aromatic heterocycles. The summed E-state index contributed by atoms with van der Waals surface area (Å²) >= 11 is 0. The first-order valence-electron chi connectivity index (χ1n) is 10.3. The predicted octanol–water partition coefficient (Wildman–Crippen LogP) is 1.44. The van der Waals surface area contributed by atoms with Gasteiger partial charge in [-0.25, -0.2) is 0 Å². The monoisotopic (exact) mass is 406 g/mol. The molecule has 30 heavy (non-hydrogen) atoms. The van der Waals surface area contributed by atoms with Crippen LogP contribution in [-0.4, -0.2) is 70.6 Å². The molecule has 0 unspecified atom stereocenters. The van der Waals surface area contributed by atoms with Gasteiger partial charge in [-0.1, -0.05) is 36.4 Å². The summed E-state index contributed by atoms with van der Waals surface area (Å²) in [5.74, 6) is -0.625. The molecule has 0 radical (unpaired) electrons. The van der Waals surface area contributed by atoms with Crippen molar-refractivity contribution in [2.45, 2.75) is 24.8 Å². The van der Waals surface area contributed by atoms with E-state index in [0.29, 0.717) is 13.1 Å². The molecular weight excluding hydrogens is 380 g/mol. The average Bonchev–Trinajstić information content (AvgIpc) is 3.00. The quantitative estimate of drug-likeness (QED) is 0.703. The van der Waals surface area contributed by atoms with Gasteiger partial charge in [-0.2, -0.15) is 0 Å². The Morgan fingerprint density at radius 3 is 2.43 bits per heavy atom. The molecule has 1 atom stereocenters. The summed E-state index contributed by atoms with van der Waals surface area (Å²) in [5.41, 5.74) is 0.356. The van der Waals surface area contributed by atoms with Crippen LogP contribution >= 0.6 is 0 Å². The van der Waals surface area contributed by atoms with Crippen molar-refractivity contribution in [3.63, 3.8) is 0 Å². The van der Waals surface area contributed by atoms with Crippen LogP contribution in [0.5, 0.6) is 0 Å². The number of rotatable bonds is 5. The highest BCUT2D eigenvalue weighted by atomic mass is 16.2. The van der Waals surface area contributed by atoms with Gasteiger partial charge in [0.2, 0.25) is 17.7 Å². The number of nitrogens with zero attached hydrogens (tertiary/aromatic N) is 4. The maximum Gasteiger partial charge on any atom is 0.241 e. The molecule has 2 saturated heterocycles. The molecule has 1 aromatic carbocycles. The Hall–Kier alpha value is -3.06. The molecule has 0 spiro atoms.